The van der Waals surface area contributed by atoms with E-state index in [1.165, 1.54) is 6.92 Å². The van der Waals surface area contributed by atoms with Gasteiger partial charge in [-0.2, -0.15) is 18.3 Å². The number of nitrogens with zero attached hydrogens (tertiary/aromatic N) is 5. The van der Waals surface area contributed by atoms with Gasteiger partial charge in [-0.05, 0) is 30.7 Å². The molecule has 0 bridgehead atoms. The number of carbonyl (C=O) groups is 1. The molecule has 3 aromatic rings. The van der Waals surface area contributed by atoms with Crippen LogP contribution in [0, 0.1) is 6.92 Å². The molecule has 0 saturated carbocycles. The first kappa shape index (κ1) is 21.8. The lowest BCUT2D eigenvalue weighted by atomic mass is 10.1. The van der Waals surface area contributed by atoms with Crippen LogP contribution in [0.3, 0.4) is 0 Å². The Balaban J connectivity index is 1.30. The predicted molar refractivity (Wildman–Crippen MR) is 111 cm³/mol. The number of halogens is 4. The van der Waals surface area contributed by atoms with Gasteiger partial charge in [0.25, 0.3) is 5.91 Å². The van der Waals surface area contributed by atoms with Crippen molar-refractivity contribution >= 4 is 23.2 Å². The fraction of sp³-hybridized carbons (Fsp3) is 0.381. The topological polar surface area (TPSA) is 72.2 Å². The number of fused-ring (bicyclic) bond motifs is 2. The van der Waals surface area contributed by atoms with E-state index in [1.807, 2.05) is 18.2 Å². The molecule has 2 aliphatic rings. The van der Waals surface area contributed by atoms with Crippen LogP contribution in [0.4, 0.5) is 13.2 Å². The fourth-order valence-electron chi connectivity index (χ4n) is 4.01. The average molecular weight is 482 g/mol. The highest BCUT2D eigenvalue weighted by atomic mass is 35.5. The molecule has 2 aromatic heterocycles. The van der Waals surface area contributed by atoms with E-state index in [0.717, 1.165) is 17.4 Å². The first-order chi connectivity index (χ1) is 15.7. The number of alkyl halides is 3. The molecule has 2 aliphatic heterocycles. The maximum absolute atomic E-state index is 13.4. The lowest BCUT2D eigenvalue weighted by Crippen LogP contribution is -2.48. The summed E-state index contributed by atoms with van der Waals surface area (Å²) in [6.45, 7) is 4.29. The Morgan fingerprint density at radius 1 is 1.12 bits per heavy atom. The number of carbonyl (C=O) groups excluding carboxylic acids is 1. The quantitative estimate of drug-likeness (QED) is 0.571. The summed E-state index contributed by atoms with van der Waals surface area (Å²) in [6, 6.07) is 6.64. The number of ether oxygens (including phenoxy) is 2. The van der Waals surface area contributed by atoms with E-state index in [0.29, 0.717) is 43.0 Å². The van der Waals surface area contributed by atoms with E-state index in [4.69, 9.17) is 21.1 Å². The van der Waals surface area contributed by atoms with Crippen molar-refractivity contribution in [3.8, 4) is 11.5 Å². The lowest BCUT2D eigenvalue weighted by molar-refractivity contribution is -0.142. The molecule has 12 heteroatoms. The van der Waals surface area contributed by atoms with Crippen molar-refractivity contribution < 1.29 is 27.4 Å². The summed E-state index contributed by atoms with van der Waals surface area (Å²) >= 11 is 6.25. The van der Waals surface area contributed by atoms with Crippen molar-refractivity contribution in [2.24, 2.45) is 0 Å². The fourth-order valence-corrected chi connectivity index (χ4v) is 4.25. The monoisotopic (exact) mass is 481 g/mol. The van der Waals surface area contributed by atoms with E-state index < -0.39 is 17.8 Å². The first-order valence-corrected chi connectivity index (χ1v) is 10.6. The largest absolute Gasteiger partial charge is 0.454 e. The minimum atomic E-state index is -4.66. The molecule has 0 aliphatic carbocycles. The smallest absolute Gasteiger partial charge is 0.433 e. The van der Waals surface area contributed by atoms with E-state index in [9.17, 15) is 18.0 Å². The highest BCUT2D eigenvalue weighted by molar-refractivity contribution is 6.36. The number of hydrogen-bond donors (Lipinski definition) is 0. The molecule has 0 unspecified atom stereocenters. The minimum Gasteiger partial charge on any atom is -0.454 e. The van der Waals surface area contributed by atoms with Gasteiger partial charge in [0, 0.05) is 38.4 Å². The molecule has 4 heterocycles. The number of rotatable bonds is 3. The van der Waals surface area contributed by atoms with Crippen LogP contribution >= 0.6 is 11.6 Å². The van der Waals surface area contributed by atoms with Gasteiger partial charge in [0.15, 0.2) is 22.8 Å². The van der Waals surface area contributed by atoms with Gasteiger partial charge in [0.2, 0.25) is 6.79 Å². The maximum Gasteiger partial charge on any atom is 0.433 e. The van der Waals surface area contributed by atoms with Gasteiger partial charge in [0.05, 0.1) is 0 Å². The van der Waals surface area contributed by atoms with Crippen molar-refractivity contribution in [2.75, 3.05) is 33.0 Å². The number of amides is 1. The van der Waals surface area contributed by atoms with Crippen molar-refractivity contribution in [2.45, 2.75) is 19.6 Å². The highest BCUT2D eigenvalue weighted by Gasteiger charge is 2.37. The average Bonchev–Trinajstić information content (AvgIpc) is 3.37. The molecular weight excluding hydrogens is 463 g/mol. The first-order valence-electron chi connectivity index (χ1n) is 10.2. The molecule has 0 radical (unpaired) electrons. The molecule has 1 aromatic carbocycles. The summed E-state index contributed by atoms with van der Waals surface area (Å²) in [6.07, 6.45) is -4.66. The van der Waals surface area contributed by atoms with Crippen LogP contribution in [-0.2, 0) is 12.7 Å². The third-order valence-electron chi connectivity index (χ3n) is 5.66. The van der Waals surface area contributed by atoms with Crippen molar-refractivity contribution in [3.05, 3.63) is 51.9 Å². The van der Waals surface area contributed by atoms with E-state index >= 15 is 0 Å². The molecule has 1 fully saturated rings. The second-order valence-electron chi connectivity index (χ2n) is 7.93. The third-order valence-corrected chi connectivity index (χ3v) is 6.00. The van der Waals surface area contributed by atoms with E-state index in [-0.39, 0.29) is 28.9 Å². The van der Waals surface area contributed by atoms with E-state index in [2.05, 4.69) is 15.0 Å². The molecule has 174 valence electrons. The Labute approximate surface area is 191 Å². The summed E-state index contributed by atoms with van der Waals surface area (Å²) in [5, 5.41) is 3.70. The Hall–Kier alpha value is -3.05. The number of hydrogen-bond acceptors (Lipinski definition) is 6. The van der Waals surface area contributed by atoms with Crippen molar-refractivity contribution in [1.82, 2.24) is 24.4 Å². The number of aromatic nitrogens is 3. The molecule has 8 nitrogen and oxygen atoms in total. The third kappa shape index (κ3) is 4.06. The van der Waals surface area contributed by atoms with Crippen molar-refractivity contribution in [1.29, 1.82) is 0 Å². The molecular formula is C21H19ClF3N5O3. The number of aryl methyl sites for hydroxylation is 1. The predicted octanol–water partition coefficient (Wildman–Crippen LogP) is 3.40. The summed E-state index contributed by atoms with van der Waals surface area (Å²) in [5.41, 5.74) is -0.255. The zero-order chi connectivity index (χ0) is 23.3. The van der Waals surface area contributed by atoms with Gasteiger partial charge >= 0.3 is 6.18 Å². The van der Waals surface area contributed by atoms with Gasteiger partial charge in [-0.1, -0.05) is 17.7 Å². The van der Waals surface area contributed by atoms with E-state index in [1.54, 1.807) is 4.90 Å². The second-order valence-corrected chi connectivity index (χ2v) is 8.31. The Morgan fingerprint density at radius 3 is 2.58 bits per heavy atom. The molecule has 0 atom stereocenters. The van der Waals surface area contributed by atoms with Gasteiger partial charge in [-0.15, -0.1) is 0 Å². The normalized spacial score (nSPS) is 16.6. The molecule has 1 amide bonds. The summed E-state index contributed by atoms with van der Waals surface area (Å²) in [5.74, 6) is 0.917. The standard InChI is InChI=1S/C21H19ClF3N5O3/c1-12-8-16(21(23,24)25)30-19(26-12)17(22)18(27-30)20(31)29-6-4-28(5-7-29)10-13-2-3-14-15(9-13)33-11-32-14/h2-3,8-9H,4-7,10-11H2,1H3. The zero-order valence-corrected chi connectivity index (χ0v) is 18.3. The maximum atomic E-state index is 13.4. The van der Waals surface area contributed by atoms with Crippen LogP contribution < -0.4 is 9.47 Å². The van der Waals surface area contributed by atoms with Crippen LogP contribution in [0.5, 0.6) is 11.5 Å². The van der Waals surface area contributed by atoms with Gasteiger partial charge < -0.3 is 14.4 Å². The summed E-state index contributed by atoms with van der Waals surface area (Å²) in [7, 11) is 0. The number of piperazine rings is 1. The Morgan fingerprint density at radius 2 is 1.85 bits per heavy atom. The van der Waals surface area contributed by atoms with Crippen LogP contribution in [0.2, 0.25) is 5.02 Å². The summed E-state index contributed by atoms with van der Waals surface area (Å²) in [4.78, 5) is 20.8. The number of benzene rings is 1. The lowest BCUT2D eigenvalue weighted by Gasteiger charge is -2.34. The second kappa shape index (κ2) is 8.07. The Bertz CT molecular complexity index is 1240. The molecule has 1 saturated heterocycles. The summed E-state index contributed by atoms with van der Waals surface area (Å²) < 4.78 is 51.7. The van der Waals surface area contributed by atoms with Crippen LogP contribution in [-0.4, -0.2) is 63.3 Å². The van der Waals surface area contributed by atoms with Gasteiger partial charge in [-0.3, -0.25) is 9.69 Å². The minimum absolute atomic E-state index is 0.132. The molecule has 0 N–H and O–H groups in total. The van der Waals surface area contributed by atoms with Crippen LogP contribution in [0.15, 0.2) is 24.3 Å². The van der Waals surface area contributed by atoms with Gasteiger partial charge in [0.1, 0.15) is 10.7 Å². The van der Waals surface area contributed by atoms with Crippen molar-refractivity contribution in [3.63, 3.8) is 0 Å². The molecule has 33 heavy (non-hydrogen) atoms. The van der Waals surface area contributed by atoms with Crippen LogP contribution in [0.1, 0.15) is 27.4 Å². The Kier molecular flexibility index (Phi) is 5.32. The zero-order valence-electron chi connectivity index (χ0n) is 17.5. The molecule has 0 spiro atoms. The molecule has 5 rings (SSSR count). The van der Waals surface area contributed by atoms with Crippen LogP contribution in [0.25, 0.3) is 5.65 Å². The highest BCUT2D eigenvalue weighted by Crippen LogP contribution is 2.34. The SMILES string of the molecule is Cc1cc(C(F)(F)F)n2nc(C(=O)N3CCN(Cc4ccc5c(c4)OCO5)CC3)c(Cl)c2n1. The van der Waals surface area contributed by atoms with Gasteiger partial charge in [-0.25, -0.2) is 9.50 Å².